The van der Waals surface area contributed by atoms with E-state index < -0.39 is 0 Å². The molecule has 16 heavy (non-hydrogen) atoms. The van der Waals surface area contributed by atoms with Crippen LogP contribution in [-0.2, 0) is 0 Å². The molecular formula is C14H30N2. The van der Waals surface area contributed by atoms with E-state index in [0.29, 0.717) is 0 Å². The highest BCUT2D eigenvalue weighted by molar-refractivity contribution is 4.83. The van der Waals surface area contributed by atoms with Gasteiger partial charge in [0.2, 0.25) is 0 Å². The van der Waals surface area contributed by atoms with Crippen LogP contribution in [0.25, 0.3) is 0 Å². The van der Waals surface area contributed by atoms with Crippen molar-refractivity contribution in [3.05, 3.63) is 0 Å². The summed E-state index contributed by atoms with van der Waals surface area (Å²) in [6.07, 6.45) is 8.43. The predicted octanol–water partition coefficient (Wildman–Crippen LogP) is 2.89. The summed E-state index contributed by atoms with van der Waals surface area (Å²) in [4.78, 5) is 2.56. The molecular weight excluding hydrogens is 196 g/mol. The van der Waals surface area contributed by atoms with Gasteiger partial charge in [-0.05, 0) is 65.2 Å². The van der Waals surface area contributed by atoms with Gasteiger partial charge in [0.05, 0.1) is 0 Å². The Morgan fingerprint density at radius 1 is 1.19 bits per heavy atom. The topological polar surface area (TPSA) is 15.3 Å². The Balaban J connectivity index is 1.86. The Bertz CT molecular complexity index is 166. The van der Waals surface area contributed by atoms with Crippen molar-refractivity contribution in [3.8, 4) is 0 Å². The Kier molecular flexibility index (Phi) is 7.06. The van der Waals surface area contributed by atoms with Crippen LogP contribution < -0.4 is 5.32 Å². The van der Waals surface area contributed by atoms with Gasteiger partial charge in [-0.3, -0.25) is 0 Å². The third-order valence-electron chi connectivity index (χ3n) is 3.86. The molecule has 1 unspecified atom stereocenters. The van der Waals surface area contributed by atoms with E-state index in [1.165, 1.54) is 51.6 Å². The molecule has 0 amide bonds. The van der Waals surface area contributed by atoms with Crippen LogP contribution >= 0.6 is 0 Å². The second-order valence-corrected chi connectivity index (χ2v) is 5.33. The van der Waals surface area contributed by atoms with Crippen LogP contribution in [-0.4, -0.2) is 37.6 Å². The summed E-state index contributed by atoms with van der Waals surface area (Å²) in [5.74, 6) is 1.01. The average molecular weight is 226 g/mol. The monoisotopic (exact) mass is 226 g/mol. The highest BCUT2D eigenvalue weighted by Crippen LogP contribution is 2.34. The minimum absolute atomic E-state index is 0.821. The molecule has 0 aliphatic heterocycles. The smallest absolute Gasteiger partial charge is 0.00921 e. The summed E-state index contributed by atoms with van der Waals surface area (Å²) >= 11 is 0. The van der Waals surface area contributed by atoms with E-state index >= 15 is 0 Å². The lowest BCUT2D eigenvalue weighted by Gasteiger charge is -2.24. The van der Waals surface area contributed by atoms with Crippen LogP contribution in [0.1, 0.15) is 52.4 Å². The van der Waals surface area contributed by atoms with Gasteiger partial charge in [-0.2, -0.15) is 0 Å². The number of hydrogen-bond donors (Lipinski definition) is 1. The summed E-state index contributed by atoms with van der Waals surface area (Å²) in [7, 11) is 2.29. The van der Waals surface area contributed by atoms with Crippen molar-refractivity contribution in [1.82, 2.24) is 10.2 Å². The molecule has 1 fully saturated rings. The Morgan fingerprint density at radius 2 is 1.88 bits per heavy atom. The predicted molar refractivity (Wildman–Crippen MR) is 71.8 cm³/mol. The van der Waals surface area contributed by atoms with E-state index in [-0.39, 0.29) is 0 Å². The lowest BCUT2D eigenvalue weighted by molar-refractivity contribution is 0.229. The minimum atomic E-state index is 0.821. The first-order chi connectivity index (χ1) is 7.75. The number of nitrogens with zero attached hydrogens (tertiary/aromatic N) is 1. The Labute approximate surface area is 102 Å². The molecule has 1 aliphatic carbocycles. The molecule has 0 aromatic carbocycles. The van der Waals surface area contributed by atoms with E-state index in [1.807, 2.05) is 0 Å². The highest BCUT2D eigenvalue weighted by atomic mass is 15.1. The SMILES string of the molecule is CCNCCCCCCN(C)C(C)C1CC1. The molecule has 0 bridgehead atoms. The quantitative estimate of drug-likeness (QED) is 0.576. The summed E-state index contributed by atoms with van der Waals surface area (Å²) < 4.78 is 0. The zero-order valence-electron chi connectivity index (χ0n) is 11.5. The molecule has 0 aromatic heterocycles. The van der Waals surface area contributed by atoms with Gasteiger partial charge in [-0.15, -0.1) is 0 Å². The number of rotatable bonds is 10. The lowest BCUT2D eigenvalue weighted by atomic mass is 10.1. The Morgan fingerprint density at radius 3 is 2.50 bits per heavy atom. The van der Waals surface area contributed by atoms with Gasteiger partial charge in [0.25, 0.3) is 0 Å². The molecule has 0 spiro atoms. The van der Waals surface area contributed by atoms with Gasteiger partial charge >= 0.3 is 0 Å². The van der Waals surface area contributed by atoms with Crippen LogP contribution in [0.5, 0.6) is 0 Å². The highest BCUT2D eigenvalue weighted by Gasteiger charge is 2.29. The van der Waals surface area contributed by atoms with Crippen molar-refractivity contribution in [1.29, 1.82) is 0 Å². The maximum Gasteiger partial charge on any atom is 0.00921 e. The van der Waals surface area contributed by atoms with Gasteiger partial charge in [0.15, 0.2) is 0 Å². The van der Waals surface area contributed by atoms with E-state index in [4.69, 9.17) is 0 Å². The third kappa shape index (κ3) is 5.86. The molecule has 0 aromatic rings. The molecule has 1 saturated carbocycles. The zero-order chi connectivity index (χ0) is 11.8. The molecule has 0 saturated heterocycles. The fraction of sp³-hybridized carbons (Fsp3) is 1.00. The molecule has 2 heteroatoms. The van der Waals surface area contributed by atoms with E-state index in [1.54, 1.807) is 0 Å². The molecule has 1 atom stereocenters. The van der Waals surface area contributed by atoms with Gasteiger partial charge in [-0.25, -0.2) is 0 Å². The lowest BCUT2D eigenvalue weighted by Crippen LogP contribution is -2.31. The van der Waals surface area contributed by atoms with E-state index in [0.717, 1.165) is 18.5 Å². The third-order valence-corrected chi connectivity index (χ3v) is 3.86. The first-order valence-corrected chi connectivity index (χ1v) is 7.16. The van der Waals surface area contributed by atoms with Crippen LogP contribution in [0.4, 0.5) is 0 Å². The molecule has 96 valence electrons. The van der Waals surface area contributed by atoms with Crippen LogP contribution in [0, 0.1) is 5.92 Å². The van der Waals surface area contributed by atoms with Gasteiger partial charge in [-0.1, -0.05) is 19.8 Å². The number of hydrogen-bond acceptors (Lipinski definition) is 2. The van der Waals surface area contributed by atoms with Crippen molar-refractivity contribution in [3.63, 3.8) is 0 Å². The van der Waals surface area contributed by atoms with Crippen molar-refractivity contribution >= 4 is 0 Å². The van der Waals surface area contributed by atoms with Crippen LogP contribution in [0.15, 0.2) is 0 Å². The van der Waals surface area contributed by atoms with Gasteiger partial charge in [0, 0.05) is 6.04 Å². The molecule has 0 radical (unpaired) electrons. The average Bonchev–Trinajstić information content (AvgIpc) is 3.10. The largest absolute Gasteiger partial charge is 0.317 e. The Hall–Kier alpha value is -0.0800. The maximum atomic E-state index is 3.38. The van der Waals surface area contributed by atoms with Gasteiger partial charge < -0.3 is 10.2 Å². The van der Waals surface area contributed by atoms with Crippen molar-refractivity contribution in [2.45, 2.75) is 58.4 Å². The molecule has 1 aliphatic rings. The minimum Gasteiger partial charge on any atom is -0.317 e. The van der Waals surface area contributed by atoms with E-state index in [2.05, 4.69) is 31.1 Å². The number of nitrogens with one attached hydrogen (secondary N) is 1. The normalized spacial score (nSPS) is 18.0. The van der Waals surface area contributed by atoms with Crippen molar-refractivity contribution in [2.75, 3.05) is 26.7 Å². The molecule has 0 heterocycles. The summed E-state index contributed by atoms with van der Waals surface area (Å²) in [5, 5.41) is 3.38. The van der Waals surface area contributed by atoms with Crippen LogP contribution in [0.2, 0.25) is 0 Å². The number of unbranched alkanes of at least 4 members (excludes halogenated alkanes) is 3. The second-order valence-electron chi connectivity index (χ2n) is 5.33. The summed E-state index contributed by atoms with van der Waals surface area (Å²) in [5.41, 5.74) is 0. The maximum absolute atomic E-state index is 3.38. The summed E-state index contributed by atoms with van der Waals surface area (Å²) in [6.45, 7) is 8.17. The standard InChI is InChI=1S/C14H30N2/c1-4-15-11-7-5-6-8-12-16(3)13(2)14-9-10-14/h13-15H,4-12H2,1-3H3. The first kappa shape index (κ1) is 14.0. The fourth-order valence-corrected chi connectivity index (χ4v) is 2.28. The van der Waals surface area contributed by atoms with Crippen molar-refractivity contribution < 1.29 is 0 Å². The van der Waals surface area contributed by atoms with Gasteiger partial charge in [0.1, 0.15) is 0 Å². The molecule has 2 nitrogen and oxygen atoms in total. The summed E-state index contributed by atoms with van der Waals surface area (Å²) in [6, 6.07) is 0.821. The zero-order valence-corrected chi connectivity index (χ0v) is 11.5. The van der Waals surface area contributed by atoms with E-state index in [9.17, 15) is 0 Å². The first-order valence-electron chi connectivity index (χ1n) is 7.16. The van der Waals surface area contributed by atoms with Crippen LogP contribution in [0.3, 0.4) is 0 Å². The van der Waals surface area contributed by atoms with Crippen molar-refractivity contribution in [2.24, 2.45) is 5.92 Å². The molecule has 1 N–H and O–H groups in total. The second kappa shape index (κ2) is 8.08. The fourth-order valence-electron chi connectivity index (χ4n) is 2.28. The molecule has 1 rings (SSSR count).